The lowest BCUT2D eigenvalue weighted by atomic mass is 9.94. The van der Waals surface area contributed by atoms with E-state index in [9.17, 15) is 0 Å². The number of halogens is 7. The Morgan fingerprint density at radius 3 is 2.08 bits per heavy atom. The molecule has 0 radical (unpaired) electrons. The Bertz CT molecular complexity index is 3200. The second kappa shape index (κ2) is 21.0. The SMILES string of the molecule is COc1ccc(CNc2nccnc2[C@@H](C)N2CCOc3c(Cl)c(-c4nc(N(Cc5ccc(OC)cc5)Cc5ccc(OC)cc5)cc(C)c4C(F)(F)F)c(F)c4nc(OC[C@]56CCCN5CC(F)(F)C6)nc2c34)cc1. The second-order valence-electron chi connectivity index (χ2n) is 19.2. The van der Waals surface area contributed by atoms with Gasteiger partial charge in [0.1, 0.15) is 59.1 Å². The molecule has 2 atom stereocenters. The van der Waals surface area contributed by atoms with E-state index >= 15 is 26.3 Å². The average molecular weight is 1070 g/mol. The molecule has 10 rings (SSSR count). The summed E-state index contributed by atoms with van der Waals surface area (Å²) in [6.45, 7) is 3.48. The van der Waals surface area contributed by atoms with Crippen LogP contribution in [0.25, 0.3) is 22.2 Å². The molecule has 0 unspecified atom stereocenters. The minimum Gasteiger partial charge on any atom is -0.497 e. The Balaban J connectivity index is 1.13. The van der Waals surface area contributed by atoms with Gasteiger partial charge in [-0.1, -0.05) is 48.0 Å². The van der Waals surface area contributed by atoms with Crippen molar-refractivity contribution in [3.05, 3.63) is 136 Å². The van der Waals surface area contributed by atoms with E-state index in [1.54, 1.807) is 60.3 Å². The van der Waals surface area contributed by atoms with Gasteiger partial charge in [-0.3, -0.25) is 9.88 Å². The van der Waals surface area contributed by atoms with Crippen LogP contribution in [0.5, 0.6) is 29.0 Å². The van der Waals surface area contributed by atoms with Crippen LogP contribution in [0.1, 0.15) is 65.7 Å². The molecule has 21 heteroatoms. The Morgan fingerprint density at radius 2 is 1.46 bits per heavy atom. The molecule has 3 aliphatic heterocycles. The zero-order valence-corrected chi connectivity index (χ0v) is 43.0. The summed E-state index contributed by atoms with van der Waals surface area (Å²) in [7, 11) is 4.66. The summed E-state index contributed by atoms with van der Waals surface area (Å²) in [5.41, 5.74) is -1.62. The average Bonchev–Trinajstić information content (AvgIpc) is 3.85. The van der Waals surface area contributed by atoms with E-state index in [4.69, 9.17) is 45.3 Å². The Kier molecular flexibility index (Phi) is 14.4. The predicted molar refractivity (Wildman–Crippen MR) is 276 cm³/mol. The molecule has 0 spiro atoms. The predicted octanol–water partition coefficient (Wildman–Crippen LogP) is 11.7. The van der Waals surface area contributed by atoms with E-state index < -0.39 is 75.8 Å². The van der Waals surface area contributed by atoms with Gasteiger partial charge in [-0.25, -0.2) is 23.1 Å². The summed E-state index contributed by atoms with van der Waals surface area (Å²) >= 11 is 7.26. The number of rotatable bonds is 17. The lowest BCUT2D eigenvalue weighted by Crippen LogP contribution is -2.43. The Hall–Kier alpha value is -7.32. The number of nitrogens with zero attached hydrogens (tertiary/aromatic N) is 8. The number of anilines is 3. The smallest absolute Gasteiger partial charge is 0.418 e. The molecule has 2 saturated heterocycles. The van der Waals surface area contributed by atoms with Crippen molar-refractivity contribution in [3.63, 3.8) is 0 Å². The number of ether oxygens (including phenoxy) is 5. The maximum absolute atomic E-state index is 18.3. The lowest BCUT2D eigenvalue weighted by molar-refractivity contribution is -0.137. The molecule has 1 N–H and O–H groups in total. The largest absolute Gasteiger partial charge is 0.497 e. The van der Waals surface area contributed by atoms with Crippen molar-refractivity contribution in [3.8, 4) is 40.3 Å². The van der Waals surface area contributed by atoms with Crippen molar-refractivity contribution in [2.24, 2.45) is 0 Å². The van der Waals surface area contributed by atoms with Gasteiger partial charge in [0, 0.05) is 38.4 Å². The van der Waals surface area contributed by atoms with E-state index in [1.807, 2.05) is 55.5 Å². The third-order valence-corrected chi connectivity index (χ3v) is 14.7. The van der Waals surface area contributed by atoms with Gasteiger partial charge in [0.2, 0.25) is 0 Å². The van der Waals surface area contributed by atoms with Crippen molar-refractivity contribution in [1.29, 1.82) is 0 Å². The summed E-state index contributed by atoms with van der Waals surface area (Å²) in [5, 5.41) is 2.80. The number of aryl methyl sites for hydroxylation is 1. The first-order valence-corrected chi connectivity index (χ1v) is 25.0. The van der Waals surface area contributed by atoms with Crippen molar-refractivity contribution in [1.82, 2.24) is 29.8 Å². The number of methoxy groups -OCH3 is 3. The van der Waals surface area contributed by atoms with E-state index in [0.29, 0.717) is 54.7 Å². The van der Waals surface area contributed by atoms with Crippen LogP contribution in [0, 0.1) is 12.7 Å². The summed E-state index contributed by atoms with van der Waals surface area (Å²) in [5.74, 6) is -1.97. The molecule has 14 nitrogen and oxygen atoms in total. The molecule has 0 saturated carbocycles. The molecule has 398 valence electrons. The first kappa shape index (κ1) is 52.1. The van der Waals surface area contributed by atoms with Gasteiger partial charge < -0.3 is 38.8 Å². The van der Waals surface area contributed by atoms with Crippen molar-refractivity contribution in [2.45, 2.75) is 76.4 Å². The number of pyridine rings is 1. The van der Waals surface area contributed by atoms with Gasteiger partial charge in [0.05, 0.1) is 73.2 Å². The third kappa shape index (κ3) is 10.4. The highest BCUT2D eigenvalue weighted by atomic mass is 35.5. The minimum atomic E-state index is -5.07. The van der Waals surface area contributed by atoms with Crippen LogP contribution in [0.4, 0.5) is 43.8 Å². The molecule has 2 fully saturated rings. The summed E-state index contributed by atoms with van der Waals surface area (Å²) < 4.78 is 124. The van der Waals surface area contributed by atoms with Gasteiger partial charge in [0.25, 0.3) is 5.92 Å². The maximum atomic E-state index is 18.3. The van der Waals surface area contributed by atoms with Gasteiger partial charge in [-0.2, -0.15) is 23.1 Å². The van der Waals surface area contributed by atoms with Gasteiger partial charge >= 0.3 is 12.2 Å². The van der Waals surface area contributed by atoms with Gasteiger partial charge in [-0.15, -0.1) is 0 Å². The van der Waals surface area contributed by atoms with Crippen LogP contribution in [0.3, 0.4) is 0 Å². The normalized spacial score (nSPS) is 17.4. The fourth-order valence-corrected chi connectivity index (χ4v) is 10.9. The zero-order valence-electron chi connectivity index (χ0n) is 42.3. The molecule has 6 heterocycles. The topological polar surface area (TPSA) is 132 Å². The van der Waals surface area contributed by atoms with Crippen LogP contribution in [-0.4, -0.2) is 95.5 Å². The summed E-state index contributed by atoms with van der Waals surface area (Å²) in [6.07, 6.45) is -1.40. The monoisotopic (exact) mass is 1070 g/mol. The number of hydrogen-bond acceptors (Lipinski definition) is 14. The minimum absolute atomic E-state index is 0.0516. The lowest BCUT2D eigenvalue weighted by Gasteiger charge is -2.31. The number of fused-ring (bicyclic) bond motifs is 1. The second-order valence-corrected chi connectivity index (χ2v) is 19.6. The Morgan fingerprint density at radius 1 is 0.842 bits per heavy atom. The van der Waals surface area contributed by atoms with Crippen LogP contribution in [0.15, 0.2) is 91.3 Å². The number of hydrogen-bond donors (Lipinski definition) is 1. The van der Waals surface area contributed by atoms with E-state index in [1.165, 1.54) is 25.4 Å². The number of aromatic nitrogens is 5. The molecular formula is C55H54ClF6N9O5. The summed E-state index contributed by atoms with van der Waals surface area (Å²) in [4.78, 5) is 28.7. The molecule has 4 aromatic carbocycles. The molecule has 0 amide bonds. The first-order chi connectivity index (χ1) is 36.5. The van der Waals surface area contributed by atoms with Gasteiger partial charge in [-0.05, 0) is 98.0 Å². The molecule has 7 aromatic rings. The van der Waals surface area contributed by atoms with E-state index in [0.717, 1.165) is 16.7 Å². The third-order valence-electron chi connectivity index (χ3n) is 14.3. The van der Waals surface area contributed by atoms with E-state index in [2.05, 4.69) is 20.3 Å². The first-order valence-electron chi connectivity index (χ1n) is 24.6. The molecule has 0 aliphatic carbocycles. The molecule has 3 aromatic heterocycles. The fourth-order valence-electron chi connectivity index (χ4n) is 10.6. The van der Waals surface area contributed by atoms with Crippen LogP contribution in [-0.2, 0) is 25.8 Å². The van der Waals surface area contributed by atoms with Crippen LogP contribution in [0.2, 0.25) is 5.02 Å². The van der Waals surface area contributed by atoms with Crippen molar-refractivity contribution in [2.75, 3.05) is 69.3 Å². The van der Waals surface area contributed by atoms with Gasteiger partial charge in [0.15, 0.2) is 11.6 Å². The molecular weight excluding hydrogens is 1020 g/mol. The highest BCUT2D eigenvalue weighted by molar-refractivity contribution is 6.36. The maximum Gasteiger partial charge on any atom is 0.418 e. The standard InChI is InChI=1S/C55H54ClF6N9O5/c1-32-25-40(69(27-35-9-15-38(73-4)16-10-35)28-36-11-17-39(74-5)18-12-36)66-47(43(32)55(60,61)62)41-44(56)49-42-48(45(41)57)67-52(76-31-53-19-6-22-70(53)30-54(58,59)29-53)68-51(42)71(23-24-75-49)33(2)46-50(64-21-20-63-46)65-26-34-7-13-37(72-3)14-8-34/h7-18,20-21,25,33H,6,19,22-24,26-31H2,1-5H3,(H,64,65)/t33-,53-/m1/s1. The Labute approximate surface area is 439 Å². The number of benzene rings is 4. The fraction of sp³-hybridized carbons (Fsp3) is 0.364. The van der Waals surface area contributed by atoms with E-state index in [-0.39, 0.29) is 61.2 Å². The number of nitrogens with one attached hydrogen (secondary N) is 1. The van der Waals surface area contributed by atoms with Crippen molar-refractivity contribution < 1.29 is 50.0 Å². The van der Waals surface area contributed by atoms with Crippen LogP contribution >= 0.6 is 11.6 Å². The zero-order chi connectivity index (χ0) is 53.5. The molecule has 3 aliphatic rings. The summed E-state index contributed by atoms with van der Waals surface area (Å²) in [6, 6.07) is 22.1. The highest BCUT2D eigenvalue weighted by Crippen LogP contribution is 2.52. The molecule has 0 bridgehead atoms. The van der Waals surface area contributed by atoms with Crippen molar-refractivity contribution >= 4 is 40.0 Å². The molecule has 76 heavy (non-hydrogen) atoms. The quantitative estimate of drug-likeness (QED) is 0.0868. The van der Waals surface area contributed by atoms with Crippen LogP contribution < -0.4 is 38.8 Å². The highest BCUT2D eigenvalue weighted by Gasteiger charge is 2.57. The number of alkyl halides is 5.